The lowest BCUT2D eigenvalue weighted by Gasteiger charge is -2.47. The summed E-state index contributed by atoms with van der Waals surface area (Å²) in [6.45, 7) is 3.15. The molecule has 10 heteroatoms. The fourth-order valence-corrected chi connectivity index (χ4v) is 5.14. The summed E-state index contributed by atoms with van der Waals surface area (Å²) in [6, 6.07) is 18.4. The van der Waals surface area contributed by atoms with Gasteiger partial charge in [-0.25, -0.2) is 4.79 Å². The van der Waals surface area contributed by atoms with Crippen molar-refractivity contribution in [3.8, 4) is 0 Å². The molecule has 0 radical (unpaired) electrons. The van der Waals surface area contributed by atoms with Crippen LogP contribution >= 0.6 is 0 Å². The maximum absolute atomic E-state index is 13.0. The van der Waals surface area contributed by atoms with Crippen LogP contribution < -0.4 is 5.32 Å². The number of aliphatic hydroxyl groups excluding tert-OH is 1. The van der Waals surface area contributed by atoms with E-state index in [1.165, 1.54) is 7.11 Å². The standard InChI is InChI=1S/C32H43NO9/c1-22(13-7-3-4-12-18-26(34)37-2)33-19-20-38-32-27(35)29(41-30(36)23-14-8-5-9-15-23)28-25(40-32)21-39-31(42-28)24-16-10-6-11-17-24/h5-6,8-11,14-17,22,25,27-29,31-33,35H,3-4,7,12-13,18-21H2,1-2H3/t22?,25-,27-,28+,29-,31?,32-/m1/s1. The Hall–Kier alpha value is -2.86. The zero-order chi connectivity index (χ0) is 29.7. The van der Waals surface area contributed by atoms with E-state index in [0.717, 1.165) is 37.7 Å². The quantitative estimate of drug-likeness (QED) is 0.235. The second kappa shape index (κ2) is 16.7. The van der Waals surface area contributed by atoms with Crippen LogP contribution in [0.15, 0.2) is 60.7 Å². The van der Waals surface area contributed by atoms with Crippen molar-refractivity contribution >= 4 is 11.9 Å². The van der Waals surface area contributed by atoms with E-state index < -0.39 is 43.0 Å². The van der Waals surface area contributed by atoms with Crippen LogP contribution in [0.25, 0.3) is 0 Å². The lowest BCUT2D eigenvalue weighted by Crippen LogP contribution is -2.63. The van der Waals surface area contributed by atoms with Crippen LogP contribution in [0, 0.1) is 0 Å². The molecule has 2 unspecified atom stereocenters. The molecule has 0 bridgehead atoms. The van der Waals surface area contributed by atoms with Gasteiger partial charge in [0.1, 0.15) is 18.3 Å². The van der Waals surface area contributed by atoms with E-state index in [2.05, 4.69) is 17.0 Å². The van der Waals surface area contributed by atoms with E-state index in [0.29, 0.717) is 18.5 Å². The molecular weight excluding hydrogens is 542 g/mol. The molecule has 7 atom stereocenters. The molecule has 2 aliphatic heterocycles. The van der Waals surface area contributed by atoms with Gasteiger partial charge < -0.3 is 38.8 Å². The third-order valence-electron chi connectivity index (χ3n) is 7.50. The number of hydrogen-bond donors (Lipinski definition) is 2. The molecule has 2 aromatic carbocycles. The van der Waals surface area contributed by atoms with Gasteiger partial charge in [-0.15, -0.1) is 0 Å². The van der Waals surface area contributed by atoms with E-state index in [4.69, 9.17) is 23.7 Å². The summed E-state index contributed by atoms with van der Waals surface area (Å²) < 4.78 is 34.6. The predicted octanol–water partition coefficient (Wildman–Crippen LogP) is 3.92. The minimum Gasteiger partial charge on any atom is -0.469 e. The van der Waals surface area contributed by atoms with Crippen molar-refractivity contribution < 1.29 is 43.1 Å². The molecule has 4 rings (SSSR count). The molecular formula is C32H43NO9. The van der Waals surface area contributed by atoms with E-state index in [1.54, 1.807) is 24.3 Å². The van der Waals surface area contributed by atoms with Crippen molar-refractivity contribution in [3.63, 3.8) is 0 Å². The molecule has 0 aliphatic carbocycles. The van der Waals surface area contributed by atoms with Crippen molar-refractivity contribution in [2.75, 3.05) is 26.9 Å². The predicted molar refractivity (Wildman–Crippen MR) is 153 cm³/mol. The van der Waals surface area contributed by atoms with Crippen LogP contribution in [0.2, 0.25) is 0 Å². The fraction of sp³-hybridized carbons (Fsp3) is 0.562. The Balaban J connectivity index is 1.28. The molecule has 2 heterocycles. The van der Waals surface area contributed by atoms with Gasteiger partial charge in [-0.2, -0.15) is 0 Å². The van der Waals surface area contributed by atoms with Crippen LogP contribution in [0.1, 0.15) is 67.7 Å². The van der Waals surface area contributed by atoms with Gasteiger partial charge in [0.25, 0.3) is 0 Å². The molecule has 2 aromatic rings. The number of nitrogens with one attached hydrogen (secondary N) is 1. The van der Waals surface area contributed by atoms with E-state index in [1.807, 2.05) is 36.4 Å². The maximum atomic E-state index is 13.0. The number of benzene rings is 2. The highest BCUT2D eigenvalue weighted by Gasteiger charge is 2.52. The normalized spacial score (nSPS) is 26.2. The third kappa shape index (κ3) is 9.32. The molecule has 2 fully saturated rings. The molecule has 230 valence electrons. The Labute approximate surface area is 247 Å². The number of unbranched alkanes of at least 4 members (excludes halogenated alkanes) is 3. The van der Waals surface area contributed by atoms with Gasteiger partial charge in [0.15, 0.2) is 18.7 Å². The topological polar surface area (TPSA) is 122 Å². The molecule has 2 N–H and O–H groups in total. The average Bonchev–Trinajstić information content (AvgIpc) is 3.03. The highest BCUT2D eigenvalue weighted by Crippen LogP contribution is 2.36. The highest BCUT2D eigenvalue weighted by atomic mass is 16.8. The second-order valence-corrected chi connectivity index (χ2v) is 10.7. The van der Waals surface area contributed by atoms with Gasteiger partial charge in [0, 0.05) is 24.6 Å². The molecule has 0 aromatic heterocycles. The van der Waals surface area contributed by atoms with Gasteiger partial charge in [-0.1, -0.05) is 67.8 Å². The number of fused-ring (bicyclic) bond motifs is 1. The van der Waals surface area contributed by atoms with Crippen molar-refractivity contribution in [3.05, 3.63) is 71.8 Å². The summed E-state index contributed by atoms with van der Waals surface area (Å²) in [5.41, 5.74) is 1.19. The molecule has 0 spiro atoms. The number of methoxy groups -OCH3 is 1. The molecule has 42 heavy (non-hydrogen) atoms. The van der Waals surface area contributed by atoms with Crippen LogP contribution in [0.4, 0.5) is 0 Å². The van der Waals surface area contributed by atoms with Gasteiger partial charge in [0.05, 0.1) is 25.9 Å². The van der Waals surface area contributed by atoms with Crippen molar-refractivity contribution in [2.45, 2.75) is 88.5 Å². The first-order valence-corrected chi connectivity index (χ1v) is 14.8. The summed E-state index contributed by atoms with van der Waals surface area (Å²) in [6.07, 6.45) is 0.0802. The van der Waals surface area contributed by atoms with E-state index in [9.17, 15) is 14.7 Å². The number of ether oxygens (including phenoxy) is 6. The molecule has 2 saturated heterocycles. The first-order valence-electron chi connectivity index (χ1n) is 14.8. The maximum Gasteiger partial charge on any atom is 0.338 e. The van der Waals surface area contributed by atoms with Crippen LogP contribution in [0.3, 0.4) is 0 Å². The van der Waals surface area contributed by atoms with Crippen molar-refractivity contribution in [1.29, 1.82) is 0 Å². The lowest BCUT2D eigenvalue weighted by atomic mass is 9.97. The van der Waals surface area contributed by atoms with Crippen molar-refractivity contribution in [2.24, 2.45) is 0 Å². The Morgan fingerprint density at radius 2 is 1.71 bits per heavy atom. The van der Waals surface area contributed by atoms with E-state index >= 15 is 0 Å². The number of aliphatic hydroxyl groups is 1. The van der Waals surface area contributed by atoms with Gasteiger partial charge >= 0.3 is 11.9 Å². The Morgan fingerprint density at radius 1 is 1.00 bits per heavy atom. The average molecular weight is 586 g/mol. The minimum absolute atomic E-state index is 0.159. The highest BCUT2D eigenvalue weighted by molar-refractivity contribution is 5.89. The number of esters is 2. The summed E-state index contributed by atoms with van der Waals surface area (Å²) in [5.74, 6) is -0.723. The Morgan fingerprint density at radius 3 is 2.45 bits per heavy atom. The van der Waals surface area contributed by atoms with E-state index in [-0.39, 0.29) is 25.2 Å². The summed E-state index contributed by atoms with van der Waals surface area (Å²) >= 11 is 0. The summed E-state index contributed by atoms with van der Waals surface area (Å²) in [5, 5.41) is 14.7. The number of rotatable bonds is 15. The largest absolute Gasteiger partial charge is 0.469 e. The molecule has 2 aliphatic rings. The fourth-order valence-electron chi connectivity index (χ4n) is 5.14. The van der Waals surface area contributed by atoms with Crippen LogP contribution in [-0.2, 0) is 33.2 Å². The number of carbonyl (C=O) groups is 2. The first-order chi connectivity index (χ1) is 20.5. The monoisotopic (exact) mass is 585 g/mol. The van der Waals surface area contributed by atoms with Gasteiger partial charge in [-0.05, 0) is 31.9 Å². The van der Waals surface area contributed by atoms with Crippen molar-refractivity contribution in [1.82, 2.24) is 5.32 Å². The second-order valence-electron chi connectivity index (χ2n) is 10.7. The lowest BCUT2D eigenvalue weighted by molar-refractivity contribution is -0.360. The summed E-state index contributed by atoms with van der Waals surface area (Å²) in [7, 11) is 1.41. The summed E-state index contributed by atoms with van der Waals surface area (Å²) in [4.78, 5) is 24.2. The van der Waals surface area contributed by atoms with Gasteiger partial charge in [0.2, 0.25) is 0 Å². The van der Waals surface area contributed by atoms with Crippen LogP contribution in [0.5, 0.6) is 0 Å². The van der Waals surface area contributed by atoms with Crippen LogP contribution in [-0.4, -0.2) is 80.7 Å². The molecule has 0 amide bonds. The third-order valence-corrected chi connectivity index (χ3v) is 7.50. The zero-order valence-electron chi connectivity index (χ0n) is 24.4. The first kappa shape index (κ1) is 32.1. The number of hydrogen-bond acceptors (Lipinski definition) is 10. The number of carbonyl (C=O) groups excluding carboxylic acids is 2. The molecule has 10 nitrogen and oxygen atoms in total. The van der Waals surface area contributed by atoms with Gasteiger partial charge in [-0.3, -0.25) is 4.79 Å². The zero-order valence-corrected chi connectivity index (χ0v) is 24.4. The molecule has 0 saturated carbocycles. The Kier molecular flexibility index (Phi) is 12.7. The Bertz CT molecular complexity index is 1090. The minimum atomic E-state index is -1.27. The SMILES string of the molecule is COC(=O)CCCCCCC(C)NCCO[C@@H]1O[C@@H]2COC(c3ccccc3)O[C@@H]2[C@H](OC(=O)c2ccccc2)[C@H]1O. The smallest absolute Gasteiger partial charge is 0.338 e.